The van der Waals surface area contributed by atoms with Crippen molar-refractivity contribution in [2.45, 2.75) is 94.6 Å². The van der Waals surface area contributed by atoms with Gasteiger partial charge in [-0.3, -0.25) is 14.3 Å². The van der Waals surface area contributed by atoms with Crippen molar-refractivity contribution >= 4 is 44.4 Å². The minimum absolute atomic E-state index is 0.0717. The summed E-state index contributed by atoms with van der Waals surface area (Å²) in [6, 6.07) is 11.5. The molecule has 9 rings (SSSR count). The first-order valence-corrected chi connectivity index (χ1v) is 22.4. The molecule has 308 valence electrons. The summed E-state index contributed by atoms with van der Waals surface area (Å²) in [5.74, 6) is 0.297. The van der Waals surface area contributed by atoms with Crippen LogP contribution in [-0.4, -0.2) is 115 Å². The summed E-state index contributed by atoms with van der Waals surface area (Å²) in [7, 11) is -0.0419. The van der Waals surface area contributed by atoms with E-state index in [-0.39, 0.29) is 29.6 Å². The van der Waals surface area contributed by atoms with Crippen LogP contribution in [0.15, 0.2) is 42.6 Å². The lowest BCUT2D eigenvalue weighted by Crippen LogP contribution is -2.61. The van der Waals surface area contributed by atoms with Crippen LogP contribution in [0.5, 0.6) is 5.75 Å². The molecule has 13 nitrogen and oxygen atoms in total. The van der Waals surface area contributed by atoms with Crippen molar-refractivity contribution in [1.82, 2.24) is 28.9 Å². The van der Waals surface area contributed by atoms with Gasteiger partial charge < -0.3 is 28.6 Å². The number of morpholine rings is 2. The molecule has 1 saturated carbocycles. The van der Waals surface area contributed by atoms with E-state index in [1.165, 1.54) is 12.0 Å². The van der Waals surface area contributed by atoms with E-state index in [0.717, 1.165) is 96.4 Å². The van der Waals surface area contributed by atoms with Crippen molar-refractivity contribution in [2.75, 3.05) is 53.7 Å². The Morgan fingerprint density at radius 1 is 0.897 bits per heavy atom. The largest absolute Gasteiger partial charge is 0.497 e. The number of hydrogen-bond donors (Lipinski definition) is 1. The second-order valence-corrected chi connectivity index (χ2v) is 19.3. The fourth-order valence-corrected chi connectivity index (χ4v) is 10.5. The van der Waals surface area contributed by atoms with Crippen molar-refractivity contribution < 1.29 is 32.2 Å². The Morgan fingerprint density at radius 2 is 1.60 bits per heavy atom. The first-order valence-electron chi connectivity index (χ1n) is 20.9. The second kappa shape index (κ2) is 15.6. The zero-order valence-electron chi connectivity index (χ0n) is 33.9. The smallest absolute Gasteiger partial charge is 0.264 e. The van der Waals surface area contributed by atoms with Crippen molar-refractivity contribution in [1.29, 1.82) is 0 Å². The summed E-state index contributed by atoms with van der Waals surface area (Å²) in [4.78, 5) is 33.0. The first kappa shape index (κ1) is 39.0. The maximum atomic E-state index is 15.0. The Labute approximate surface area is 340 Å². The Morgan fingerprint density at radius 3 is 2.28 bits per heavy atom. The molecule has 4 fully saturated rings. The van der Waals surface area contributed by atoms with Gasteiger partial charge in [0.2, 0.25) is 10.0 Å². The third kappa shape index (κ3) is 6.95. The number of carbonyl (C=O) groups is 2. The molecule has 4 aliphatic heterocycles. The van der Waals surface area contributed by atoms with E-state index in [1.54, 1.807) is 33.2 Å². The number of aromatic nitrogens is 3. The van der Waals surface area contributed by atoms with Gasteiger partial charge in [0, 0.05) is 22.0 Å². The summed E-state index contributed by atoms with van der Waals surface area (Å²) in [5, 5.41) is 5.34. The number of benzene rings is 2. The van der Waals surface area contributed by atoms with Gasteiger partial charge in [-0.15, -0.1) is 0 Å². The maximum absolute atomic E-state index is 15.0. The number of fused-ring (bicyclic) bond motifs is 7. The van der Waals surface area contributed by atoms with E-state index in [0.29, 0.717) is 44.5 Å². The third-order valence-electron chi connectivity index (χ3n) is 13.0. The van der Waals surface area contributed by atoms with Gasteiger partial charge in [-0.1, -0.05) is 25.3 Å². The van der Waals surface area contributed by atoms with Crippen LogP contribution in [0.2, 0.25) is 0 Å². The normalized spacial score (nSPS) is 22.0. The van der Waals surface area contributed by atoms with Crippen molar-refractivity contribution in [3.05, 3.63) is 70.5 Å². The van der Waals surface area contributed by atoms with Crippen LogP contribution >= 0.6 is 0 Å². The van der Waals surface area contributed by atoms with E-state index in [2.05, 4.69) is 44.1 Å². The summed E-state index contributed by atoms with van der Waals surface area (Å²) in [6.07, 6.45) is 11.4. The Hall–Kier alpha value is -4.50. The van der Waals surface area contributed by atoms with E-state index in [1.807, 2.05) is 23.1 Å². The van der Waals surface area contributed by atoms with Gasteiger partial charge in [-0.05, 0) is 119 Å². The predicted octanol–water partition coefficient (Wildman–Crippen LogP) is 6.09. The first-order chi connectivity index (χ1) is 28.0. The van der Waals surface area contributed by atoms with Crippen molar-refractivity contribution in [3.8, 4) is 17.0 Å². The van der Waals surface area contributed by atoms with E-state index in [4.69, 9.17) is 19.3 Å². The standard InChI is InChI=1S/C44H54N6O7S/c1-27(2)58(53,54)46-43(51)29-10-12-37-39(20-29)48-22-31(18-30-19-35(55-4)11-13-36(30)42(48)40(37)28-8-6-5-7-9-28)41-38(21-45-50(41)32-14-16-47(3)17-15-32)44(52)49-33-23-56-25-34(49)26-57-24-33/h10-13,18-21,27-28,32-34H,5-9,14-17,22-26H2,1-4H3,(H,46,51). The van der Waals surface area contributed by atoms with Crippen LogP contribution in [-0.2, 0) is 26.0 Å². The van der Waals surface area contributed by atoms with Gasteiger partial charge in [0.05, 0.1) is 86.6 Å². The van der Waals surface area contributed by atoms with Gasteiger partial charge >= 0.3 is 0 Å². The molecular formula is C44H54N6O7S. The summed E-state index contributed by atoms with van der Waals surface area (Å²) >= 11 is 0. The lowest BCUT2D eigenvalue weighted by atomic mass is 9.81. The molecule has 0 unspecified atom stereocenters. The number of sulfonamides is 1. The number of allylic oxidation sites excluding steroid dienone is 1. The van der Waals surface area contributed by atoms with Gasteiger partial charge in [-0.25, -0.2) is 13.1 Å². The van der Waals surface area contributed by atoms with Crippen LogP contribution in [0, 0.1) is 0 Å². The number of nitrogens with zero attached hydrogens (tertiary/aromatic N) is 5. The quantitative estimate of drug-likeness (QED) is 0.224. The highest BCUT2D eigenvalue weighted by molar-refractivity contribution is 7.90. The molecular weight excluding hydrogens is 757 g/mol. The number of nitrogens with one attached hydrogen (secondary N) is 1. The van der Waals surface area contributed by atoms with E-state index >= 15 is 4.79 Å². The highest BCUT2D eigenvalue weighted by Crippen LogP contribution is 2.48. The van der Waals surface area contributed by atoms with Crippen LogP contribution in [0.4, 0.5) is 0 Å². The summed E-state index contributed by atoms with van der Waals surface area (Å²) < 4.78 is 50.0. The van der Waals surface area contributed by atoms with Gasteiger partial charge in [0.25, 0.3) is 11.8 Å². The zero-order chi connectivity index (χ0) is 40.3. The molecule has 14 heteroatoms. The number of piperidine rings is 1. The number of carbonyl (C=O) groups excluding carboxylic acids is 2. The number of ether oxygens (including phenoxy) is 3. The fourth-order valence-electron chi connectivity index (χ4n) is 9.85. The molecule has 6 heterocycles. The van der Waals surface area contributed by atoms with Crippen LogP contribution in [0.3, 0.4) is 0 Å². The summed E-state index contributed by atoms with van der Waals surface area (Å²) in [6.45, 7) is 7.04. The molecule has 58 heavy (non-hydrogen) atoms. The fraction of sp³-hybridized carbons (Fsp3) is 0.523. The van der Waals surface area contributed by atoms with E-state index < -0.39 is 21.2 Å². The number of amides is 2. The molecule has 2 aromatic carbocycles. The highest BCUT2D eigenvalue weighted by atomic mass is 32.2. The molecule has 3 saturated heterocycles. The zero-order valence-corrected chi connectivity index (χ0v) is 34.7. The summed E-state index contributed by atoms with van der Waals surface area (Å²) in [5.41, 5.74) is 7.73. The molecule has 0 atom stereocenters. The molecule has 2 bridgehead atoms. The SMILES string of the molecule is COc1ccc2c(c1)C=C(c1c(C(=O)N3C4COCC3COC4)cnn1C1CCN(C)CC1)Cn1c-2c(C2CCCCC2)c2ccc(C(=O)NS(=O)(=O)C(C)C)cc21. The number of hydrogen-bond acceptors (Lipinski definition) is 9. The van der Waals surface area contributed by atoms with E-state index in [9.17, 15) is 13.2 Å². The van der Waals surface area contributed by atoms with Gasteiger partial charge in [0.1, 0.15) is 5.75 Å². The molecule has 1 aliphatic carbocycles. The molecule has 2 amide bonds. The topological polar surface area (TPSA) is 137 Å². The molecule has 0 radical (unpaired) electrons. The third-order valence-corrected chi connectivity index (χ3v) is 14.7. The Balaban J connectivity index is 1.26. The number of likely N-dealkylation sites (tertiary alicyclic amines) is 1. The van der Waals surface area contributed by atoms with Crippen LogP contribution in [0.1, 0.15) is 108 Å². The molecule has 0 spiro atoms. The number of rotatable bonds is 8. The predicted molar refractivity (Wildman–Crippen MR) is 223 cm³/mol. The minimum Gasteiger partial charge on any atom is -0.497 e. The Kier molecular flexibility index (Phi) is 10.5. The van der Waals surface area contributed by atoms with Crippen molar-refractivity contribution in [2.24, 2.45) is 0 Å². The molecule has 2 aromatic heterocycles. The number of methoxy groups -OCH3 is 1. The average Bonchev–Trinajstić information content (AvgIpc) is 3.75. The minimum atomic E-state index is -3.86. The van der Waals surface area contributed by atoms with Crippen LogP contribution in [0.25, 0.3) is 33.8 Å². The second-order valence-electron chi connectivity index (χ2n) is 17.0. The van der Waals surface area contributed by atoms with Crippen molar-refractivity contribution in [3.63, 3.8) is 0 Å². The molecule has 1 N–H and O–H groups in total. The monoisotopic (exact) mass is 810 g/mol. The highest BCUT2D eigenvalue weighted by Gasteiger charge is 2.41. The average molecular weight is 811 g/mol. The molecule has 5 aliphatic rings. The van der Waals surface area contributed by atoms with Gasteiger partial charge in [-0.2, -0.15) is 5.10 Å². The lowest BCUT2D eigenvalue weighted by Gasteiger charge is -2.45. The maximum Gasteiger partial charge on any atom is 0.264 e. The Bertz CT molecular complexity index is 2360. The lowest BCUT2D eigenvalue weighted by molar-refractivity contribution is -0.119. The van der Waals surface area contributed by atoms with Crippen LogP contribution < -0.4 is 9.46 Å². The molecule has 4 aromatic rings. The van der Waals surface area contributed by atoms with Gasteiger partial charge in [0.15, 0.2) is 0 Å².